The van der Waals surface area contributed by atoms with Crippen LogP contribution < -0.4 is 0 Å². The Balaban J connectivity index is 2.45. The molecule has 0 aromatic heterocycles. The van der Waals surface area contributed by atoms with E-state index in [9.17, 15) is 4.79 Å². The number of hydrogen-bond acceptors (Lipinski definition) is 2. The van der Waals surface area contributed by atoms with Gasteiger partial charge in [0.1, 0.15) is 0 Å². The molecule has 0 spiro atoms. The number of amides is 1. The third kappa shape index (κ3) is 5.62. The third-order valence-corrected chi connectivity index (χ3v) is 5.09. The van der Waals surface area contributed by atoms with E-state index in [1.165, 1.54) is 5.56 Å². The van der Waals surface area contributed by atoms with E-state index in [-0.39, 0.29) is 5.91 Å². The van der Waals surface area contributed by atoms with Crippen LogP contribution in [0.1, 0.15) is 51.2 Å². The molecular weight excluding hydrogens is 368 g/mol. The fourth-order valence-electron chi connectivity index (χ4n) is 3.28. The molecule has 0 N–H and O–H groups in total. The minimum atomic E-state index is 0.136. The average Bonchev–Trinajstić information content (AvgIpc) is 2.68. The second kappa shape index (κ2) is 10.3. The Morgan fingerprint density at radius 3 is 2.29 bits per heavy atom. The Bertz CT molecular complexity index is 796. The molecule has 3 nitrogen and oxygen atoms in total. The van der Waals surface area contributed by atoms with E-state index in [1.807, 2.05) is 28.2 Å². The summed E-state index contributed by atoms with van der Waals surface area (Å²) in [5.74, 6) is 0.136. The van der Waals surface area contributed by atoms with Gasteiger partial charge in [-0.1, -0.05) is 61.9 Å². The number of benzene rings is 1. The minimum absolute atomic E-state index is 0.136. The smallest absolute Gasteiger partial charge is 0.228 e. The average molecular weight is 399 g/mol. The van der Waals surface area contributed by atoms with E-state index in [1.54, 1.807) is 0 Å². The Kier molecular flexibility index (Phi) is 8.13. The van der Waals surface area contributed by atoms with Crippen LogP contribution in [0, 0.1) is 6.92 Å². The zero-order valence-electron chi connectivity index (χ0n) is 17.5. The molecule has 1 aromatic carbocycles. The van der Waals surface area contributed by atoms with Gasteiger partial charge in [0.15, 0.2) is 0 Å². The first kappa shape index (κ1) is 22.0. The van der Waals surface area contributed by atoms with Gasteiger partial charge in [0.05, 0.1) is 11.5 Å². The highest BCUT2D eigenvalue weighted by Gasteiger charge is 2.22. The van der Waals surface area contributed by atoms with Crippen molar-refractivity contribution in [3.8, 4) is 0 Å². The molecule has 0 bridgehead atoms. The summed E-state index contributed by atoms with van der Waals surface area (Å²) >= 11 is 6.26. The summed E-state index contributed by atoms with van der Waals surface area (Å²) in [7, 11) is 0. The lowest BCUT2D eigenvalue weighted by Gasteiger charge is -2.30. The molecule has 0 radical (unpaired) electrons. The van der Waals surface area contributed by atoms with Gasteiger partial charge in [-0.15, -0.1) is 0 Å². The molecule has 1 amide bonds. The lowest BCUT2D eigenvalue weighted by atomic mass is 10.0. The second-order valence-corrected chi connectivity index (χ2v) is 7.64. The van der Waals surface area contributed by atoms with Crippen LogP contribution in [-0.2, 0) is 4.79 Å². The van der Waals surface area contributed by atoms with Crippen molar-refractivity contribution in [2.45, 2.75) is 47.0 Å². The maximum atomic E-state index is 13.1. The largest absolute Gasteiger partial charge is 0.342 e. The Hall–Kier alpha value is -2.26. The number of aryl methyl sites for hydroxylation is 1. The summed E-state index contributed by atoms with van der Waals surface area (Å²) in [6.07, 6.45) is 7.76. The van der Waals surface area contributed by atoms with Gasteiger partial charge in [-0.2, -0.15) is 0 Å². The van der Waals surface area contributed by atoms with Crippen LogP contribution in [0.3, 0.4) is 0 Å². The van der Waals surface area contributed by atoms with E-state index >= 15 is 0 Å². The van der Waals surface area contributed by atoms with Crippen LogP contribution in [-0.4, -0.2) is 28.8 Å². The number of allylic oxidation sites excluding steroid dienone is 4. The van der Waals surface area contributed by atoms with Crippen LogP contribution in [0.15, 0.2) is 65.6 Å². The topological polar surface area (TPSA) is 23.6 Å². The van der Waals surface area contributed by atoms with E-state index in [0.29, 0.717) is 11.5 Å². The SMILES string of the molecule is C=C1C=CC(Cl)=CN1/C(CC(=O)N(CCC)CCC)=C(\C)c1ccc(C)cc1. The van der Waals surface area contributed by atoms with Gasteiger partial charge in [0, 0.05) is 30.7 Å². The Labute approximate surface area is 174 Å². The van der Waals surface area contributed by atoms with E-state index in [4.69, 9.17) is 11.6 Å². The molecule has 0 saturated carbocycles. The number of carbonyl (C=O) groups excluding carboxylic acids is 1. The maximum absolute atomic E-state index is 13.1. The van der Waals surface area contributed by atoms with Gasteiger partial charge in [-0.3, -0.25) is 4.79 Å². The van der Waals surface area contributed by atoms with Crippen molar-refractivity contribution >= 4 is 23.1 Å². The predicted octanol–water partition coefficient (Wildman–Crippen LogP) is 6.23. The van der Waals surface area contributed by atoms with Crippen molar-refractivity contribution in [2.24, 2.45) is 0 Å². The molecule has 1 heterocycles. The molecule has 0 aliphatic carbocycles. The summed E-state index contributed by atoms with van der Waals surface area (Å²) in [6, 6.07) is 8.37. The molecule has 28 heavy (non-hydrogen) atoms. The summed E-state index contributed by atoms with van der Waals surface area (Å²) < 4.78 is 0. The first-order chi connectivity index (χ1) is 13.4. The van der Waals surface area contributed by atoms with Crippen molar-refractivity contribution in [2.75, 3.05) is 13.1 Å². The van der Waals surface area contributed by atoms with Crippen LogP contribution in [0.4, 0.5) is 0 Å². The summed E-state index contributed by atoms with van der Waals surface area (Å²) in [4.78, 5) is 17.0. The van der Waals surface area contributed by atoms with E-state index in [0.717, 1.165) is 48.5 Å². The molecule has 0 unspecified atom stereocenters. The fourth-order valence-corrected chi connectivity index (χ4v) is 3.44. The van der Waals surface area contributed by atoms with Crippen molar-refractivity contribution in [3.05, 3.63) is 76.7 Å². The van der Waals surface area contributed by atoms with Crippen molar-refractivity contribution in [1.29, 1.82) is 0 Å². The number of halogens is 1. The molecule has 150 valence electrons. The first-order valence-electron chi connectivity index (χ1n) is 9.95. The zero-order valence-corrected chi connectivity index (χ0v) is 18.2. The Morgan fingerprint density at radius 2 is 1.71 bits per heavy atom. The number of hydrogen-bond donors (Lipinski definition) is 0. The van der Waals surface area contributed by atoms with Crippen molar-refractivity contribution in [1.82, 2.24) is 9.80 Å². The third-order valence-electron chi connectivity index (χ3n) is 4.86. The minimum Gasteiger partial charge on any atom is -0.342 e. The van der Waals surface area contributed by atoms with Crippen LogP contribution in [0.25, 0.3) is 5.57 Å². The van der Waals surface area contributed by atoms with Gasteiger partial charge in [0.2, 0.25) is 5.91 Å². The molecule has 1 aromatic rings. The molecular formula is C24H31ClN2O. The van der Waals surface area contributed by atoms with Gasteiger partial charge >= 0.3 is 0 Å². The van der Waals surface area contributed by atoms with Crippen molar-refractivity contribution in [3.63, 3.8) is 0 Å². The monoisotopic (exact) mass is 398 g/mol. The molecule has 0 atom stereocenters. The molecule has 0 saturated heterocycles. The standard InChI is InChI=1S/C24H31ClN2O/c1-6-14-26(15-7-2)24(28)16-23(27-17-22(25)13-10-19(27)4)20(5)21-11-8-18(3)9-12-21/h8-13,17H,4,6-7,14-16H2,1-3,5H3/b23-20+. The van der Waals surface area contributed by atoms with Crippen LogP contribution >= 0.6 is 11.6 Å². The lowest BCUT2D eigenvalue weighted by molar-refractivity contribution is -0.130. The summed E-state index contributed by atoms with van der Waals surface area (Å²) in [5, 5.41) is 0.619. The van der Waals surface area contributed by atoms with Gasteiger partial charge in [-0.25, -0.2) is 0 Å². The van der Waals surface area contributed by atoms with Gasteiger partial charge in [-0.05, 0) is 50.0 Å². The summed E-state index contributed by atoms with van der Waals surface area (Å²) in [5.41, 5.74) is 5.07. The van der Waals surface area contributed by atoms with Gasteiger partial charge < -0.3 is 9.80 Å². The molecule has 0 fully saturated rings. The highest BCUT2D eigenvalue weighted by Crippen LogP contribution is 2.31. The van der Waals surface area contributed by atoms with Gasteiger partial charge in [0.25, 0.3) is 0 Å². The quantitative estimate of drug-likeness (QED) is 0.518. The number of rotatable bonds is 8. The van der Waals surface area contributed by atoms with E-state index in [2.05, 4.69) is 58.5 Å². The maximum Gasteiger partial charge on any atom is 0.228 e. The van der Waals surface area contributed by atoms with E-state index < -0.39 is 0 Å². The summed E-state index contributed by atoms with van der Waals surface area (Å²) in [6.45, 7) is 14.0. The molecule has 2 rings (SSSR count). The first-order valence-corrected chi connectivity index (χ1v) is 10.3. The molecule has 1 aliphatic heterocycles. The van der Waals surface area contributed by atoms with Crippen LogP contribution in [0.2, 0.25) is 0 Å². The molecule has 1 aliphatic rings. The highest BCUT2D eigenvalue weighted by atomic mass is 35.5. The number of nitrogens with zero attached hydrogens (tertiary/aromatic N) is 2. The van der Waals surface area contributed by atoms with Crippen LogP contribution in [0.5, 0.6) is 0 Å². The zero-order chi connectivity index (χ0) is 20.7. The predicted molar refractivity (Wildman–Crippen MR) is 120 cm³/mol. The van der Waals surface area contributed by atoms with Crippen molar-refractivity contribution < 1.29 is 4.79 Å². The number of carbonyl (C=O) groups is 1. The fraction of sp³-hybridized carbons (Fsp3) is 0.375. The second-order valence-electron chi connectivity index (χ2n) is 7.20. The molecule has 4 heteroatoms. The normalized spacial score (nSPS) is 14.7. The highest BCUT2D eigenvalue weighted by molar-refractivity contribution is 6.31. The lowest BCUT2D eigenvalue weighted by Crippen LogP contribution is -2.34. The Morgan fingerprint density at radius 1 is 1.11 bits per heavy atom.